The lowest BCUT2D eigenvalue weighted by Crippen LogP contribution is -2.35. The van der Waals surface area contributed by atoms with Crippen molar-refractivity contribution in [3.8, 4) is 17.5 Å². The lowest BCUT2D eigenvalue weighted by Gasteiger charge is -2.29. The summed E-state index contributed by atoms with van der Waals surface area (Å²) in [5.74, 6) is 1.81. The van der Waals surface area contributed by atoms with Crippen LogP contribution in [0.1, 0.15) is 48.9 Å². The summed E-state index contributed by atoms with van der Waals surface area (Å²) in [5, 5.41) is 0. The molecule has 4 heterocycles. The second-order valence-electron chi connectivity index (χ2n) is 8.12. The Kier molecular flexibility index (Phi) is 5.36. The molecule has 7 nitrogen and oxygen atoms in total. The lowest BCUT2D eigenvalue weighted by molar-refractivity contribution is 0.143. The van der Waals surface area contributed by atoms with Crippen molar-refractivity contribution in [2.75, 3.05) is 6.54 Å². The third-order valence-corrected chi connectivity index (χ3v) is 5.98. The highest BCUT2D eigenvalue weighted by atomic mass is 16.5. The van der Waals surface area contributed by atoms with Crippen LogP contribution in [0, 0.1) is 0 Å². The number of hydrogen-bond acceptors (Lipinski definition) is 6. The van der Waals surface area contributed by atoms with E-state index in [0.717, 1.165) is 48.5 Å². The molecule has 0 amide bonds. The van der Waals surface area contributed by atoms with Crippen LogP contribution in [0.2, 0.25) is 0 Å². The van der Waals surface area contributed by atoms with Gasteiger partial charge in [0.05, 0.1) is 17.5 Å². The Morgan fingerprint density at radius 3 is 2.93 bits per heavy atom. The second kappa shape index (κ2) is 8.44. The minimum absolute atomic E-state index is 0.0963. The van der Waals surface area contributed by atoms with E-state index in [-0.39, 0.29) is 11.7 Å². The summed E-state index contributed by atoms with van der Waals surface area (Å²) in [7, 11) is 0. The Morgan fingerprint density at radius 2 is 2.10 bits per heavy atom. The maximum atomic E-state index is 12.7. The SMILES string of the molecule is O=c1[nH]c(-c2ccco2)nc2c1CN(Cc1cccnc1OC1CCCCC1)CC2. The normalized spacial score (nSPS) is 17.6. The molecule has 1 fully saturated rings. The van der Waals surface area contributed by atoms with Gasteiger partial charge in [-0.2, -0.15) is 0 Å². The predicted molar refractivity (Wildman–Crippen MR) is 112 cm³/mol. The van der Waals surface area contributed by atoms with Crippen LogP contribution in [0.25, 0.3) is 11.6 Å². The van der Waals surface area contributed by atoms with E-state index < -0.39 is 0 Å². The molecule has 0 radical (unpaired) electrons. The number of H-pyrrole nitrogens is 1. The van der Waals surface area contributed by atoms with Gasteiger partial charge in [-0.1, -0.05) is 12.5 Å². The number of aromatic amines is 1. The maximum absolute atomic E-state index is 12.7. The molecule has 0 unspecified atom stereocenters. The molecule has 0 atom stereocenters. The van der Waals surface area contributed by atoms with Gasteiger partial charge in [0.15, 0.2) is 11.6 Å². The number of furan rings is 1. The Hall–Kier alpha value is -2.93. The summed E-state index contributed by atoms with van der Waals surface area (Å²) in [6.07, 6.45) is 10.3. The van der Waals surface area contributed by atoms with E-state index in [0.29, 0.717) is 24.7 Å². The van der Waals surface area contributed by atoms with Gasteiger partial charge >= 0.3 is 0 Å². The van der Waals surface area contributed by atoms with Gasteiger partial charge in [0, 0.05) is 37.8 Å². The molecule has 0 saturated heterocycles. The first kappa shape index (κ1) is 19.1. The molecular weight excluding hydrogens is 380 g/mol. The van der Waals surface area contributed by atoms with Crippen molar-refractivity contribution in [3.63, 3.8) is 0 Å². The van der Waals surface area contributed by atoms with Crippen LogP contribution in [0.5, 0.6) is 5.88 Å². The van der Waals surface area contributed by atoms with Gasteiger partial charge in [0.1, 0.15) is 6.10 Å². The molecule has 1 aliphatic carbocycles. The minimum Gasteiger partial charge on any atom is -0.474 e. The largest absolute Gasteiger partial charge is 0.474 e. The highest BCUT2D eigenvalue weighted by molar-refractivity contribution is 5.47. The Labute approximate surface area is 175 Å². The summed E-state index contributed by atoms with van der Waals surface area (Å²) >= 11 is 0. The molecule has 2 aliphatic rings. The fraction of sp³-hybridized carbons (Fsp3) is 0.435. The maximum Gasteiger partial charge on any atom is 0.256 e. The van der Waals surface area contributed by atoms with Crippen LogP contribution in [-0.4, -0.2) is 32.5 Å². The van der Waals surface area contributed by atoms with E-state index >= 15 is 0 Å². The molecule has 1 aliphatic heterocycles. The van der Waals surface area contributed by atoms with Gasteiger partial charge in [-0.25, -0.2) is 9.97 Å². The van der Waals surface area contributed by atoms with Crippen molar-refractivity contribution in [2.24, 2.45) is 0 Å². The summed E-state index contributed by atoms with van der Waals surface area (Å²) < 4.78 is 11.6. The second-order valence-corrected chi connectivity index (χ2v) is 8.12. The van der Waals surface area contributed by atoms with Gasteiger partial charge in [0.2, 0.25) is 5.88 Å². The number of aromatic nitrogens is 3. The molecule has 1 N–H and O–H groups in total. The van der Waals surface area contributed by atoms with Crippen LogP contribution >= 0.6 is 0 Å². The number of fused-ring (bicyclic) bond motifs is 1. The van der Waals surface area contributed by atoms with E-state index in [4.69, 9.17) is 9.15 Å². The van der Waals surface area contributed by atoms with Crippen molar-refractivity contribution in [1.82, 2.24) is 19.9 Å². The Bertz CT molecular complexity index is 1050. The number of ether oxygens (including phenoxy) is 1. The highest BCUT2D eigenvalue weighted by Crippen LogP contribution is 2.26. The fourth-order valence-electron chi connectivity index (χ4n) is 4.38. The third kappa shape index (κ3) is 4.03. The Balaban J connectivity index is 1.32. The molecule has 0 bridgehead atoms. The molecule has 3 aromatic rings. The molecular formula is C23H26N4O3. The van der Waals surface area contributed by atoms with Crippen molar-refractivity contribution in [2.45, 2.75) is 57.7 Å². The first-order valence-electron chi connectivity index (χ1n) is 10.7. The van der Waals surface area contributed by atoms with E-state index in [1.54, 1.807) is 24.6 Å². The summed E-state index contributed by atoms with van der Waals surface area (Å²) in [5.41, 5.74) is 2.56. The summed E-state index contributed by atoms with van der Waals surface area (Å²) in [6.45, 7) is 2.10. The topological polar surface area (TPSA) is 84.3 Å². The molecule has 3 aromatic heterocycles. The first-order chi connectivity index (χ1) is 14.8. The van der Waals surface area contributed by atoms with Crippen molar-refractivity contribution in [1.29, 1.82) is 0 Å². The number of nitrogens with one attached hydrogen (secondary N) is 1. The zero-order valence-corrected chi connectivity index (χ0v) is 17.0. The van der Waals surface area contributed by atoms with Gasteiger partial charge in [0.25, 0.3) is 5.56 Å². The number of rotatable bonds is 5. The van der Waals surface area contributed by atoms with Crippen molar-refractivity contribution < 1.29 is 9.15 Å². The van der Waals surface area contributed by atoms with Gasteiger partial charge in [-0.05, 0) is 43.9 Å². The molecule has 1 saturated carbocycles. The number of nitrogens with zero attached hydrogens (tertiary/aromatic N) is 3. The minimum atomic E-state index is -0.0963. The molecule has 5 rings (SSSR count). The van der Waals surface area contributed by atoms with Gasteiger partial charge in [-0.3, -0.25) is 9.69 Å². The molecule has 0 spiro atoms. The van der Waals surface area contributed by atoms with Crippen LogP contribution in [0.3, 0.4) is 0 Å². The van der Waals surface area contributed by atoms with Crippen molar-refractivity contribution >= 4 is 0 Å². The average Bonchev–Trinajstić information content (AvgIpc) is 3.31. The van der Waals surface area contributed by atoms with Crippen LogP contribution < -0.4 is 10.3 Å². The molecule has 30 heavy (non-hydrogen) atoms. The zero-order valence-electron chi connectivity index (χ0n) is 17.0. The van der Waals surface area contributed by atoms with Crippen molar-refractivity contribution in [3.05, 3.63) is 63.9 Å². The predicted octanol–water partition coefficient (Wildman–Crippen LogP) is 3.69. The molecule has 0 aromatic carbocycles. The van der Waals surface area contributed by atoms with Gasteiger partial charge < -0.3 is 14.1 Å². The van der Waals surface area contributed by atoms with E-state index in [9.17, 15) is 4.79 Å². The smallest absolute Gasteiger partial charge is 0.256 e. The summed E-state index contributed by atoms with van der Waals surface area (Å²) in [4.78, 5) is 27.0. The average molecular weight is 406 g/mol. The zero-order chi connectivity index (χ0) is 20.3. The fourth-order valence-corrected chi connectivity index (χ4v) is 4.38. The first-order valence-corrected chi connectivity index (χ1v) is 10.7. The third-order valence-electron chi connectivity index (χ3n) is 5.98. The summed E-state index contributed by atoms with van der Waals surface area (Å²) in [6, 6.07) is 7.61. The van der Waals surface area contributed by atoms with Crippen LogP contribution in [0.4, 0.5) is 0 Å². The standard InChI is InChI=1S/C23H26N4O3/c28-22-18-15-27(12-10-19(18)25-21(26-22)20-9-5-13-29-20)14-16-6-4-11-24-23(16)30-17-7-2-1-3-8-17/h4-6,9,11,13,17H,1-3,7-8,10,12,14-15H2,(H,25,26,28). The molecule has 156 valence electrons. The monoisotopic (exact) mass is 406 g/mol. The lowest BCUT2D eigenvalue weighted by atomic mass is 9.98. The van der Waals surface area contributed by atoms with E-state index in [1.807, 2.05) is 6.07 Å². The van der Waals surface area contributed by atoms with E-state index in [1.165, 1.54) is 19.3 Å². The molecule has 7 heteroatoms. The highest BCUT2D eigenvalue weighted by Gasteiger charge is 2.24. The quantitative estimate of drug-likeness (QED) is 0.696. The van der Waals surface area contributed by atoms with Crippen LogP contribution in [-0.2, 0) is 19.5 Å². The number of hydrogen-bond donors (Lipinski definition) is 1. The number of pyridine rings is 1. The van der Waals surface area contributed by atoms with E-state index in [2.05, 4.69) is 25.9 Å². The van der Waals surface area contributed by atoms with Gasteiger partial charge in [-0.15, -0.1) is 0 Å². The van der Waals surface area contributed by atoms with Crippen LogP contribution in [0.15, 0.2) is 45.9 Å². The Morgan fingerprint density at radius 1 is 1.20 bits per heavy atom.